The molecule has 6 unspecified atom stereocenters. The molecule has 17 heteroatoms. The molecule has 3 fully saturated rings. The molecule has 3 heterocycles. The largest absolute Gasteiger partial charge is 0.504 e. The van der Waals surface area contributed by atoms with E-state index in [2.05, 4.69) is 20.9 Å². The van der Waals surface area contributed by atoms with Crippen LogP contribution in [0.1, 0.15) is 36.9 Å². The SMILES string of the molecule is CCOc1cccc(C2C3=CCC4C(=O)N(N(C)c5nc(C(F)(F)F)ccc5Cl)C(=O)C4C3CC3(Cl)C(=O)N(CBr)C(=O)C23Cl)c1O. The average molecular weight is 781 g/mol. The van der Waals surface area contributed by atoms with Crippen LogP contribution in [0.2, 0.25) is 5.02 Å². The summed E-state index contributed by atoms with van der Waals surface area (Å²) in [5.41, 5.74) is -0.993. The number of para-hydroxylation sites is 1. The number of hydrogen-bond donors (Lipinski definition) is 1. The fourth-order valence-corrected chi connectivity index (χ4v) is 8.98. The monoisotopic (exact) mass is 778 g/mol. The molecule has 1 aromatic carbocycles. The van der Waals surface area contributed by atoms with Crippen molar-refractivity contribution in [2.75, 3.05) is 24.1 Å². The summed E-state index contributed by atoms with van der Waals surface area (Å²) in [6, 6.07) is 6.23. The lowest BCUT2D eigenvalue weighted by atomic mass is 9.56. The van der Waals surface area contributed by atoms with Gasteiger partial charge in [0.15, 0.2) is 27.1 Å². The first-order valence-electron chi connectivity index (χ1n) is 14.3. The van der Waals surface area contributed by atoms with Gasteiger partial charge in [-0.2, -0.15) is 18.2 Å². The van der Waals surface area contributed by atoms with Gasteiger partial charge < -0.3 is 9.84 Å². The molecule has 1 aromatic heterocycles. The number of phenolic OH excluding ortho intramolecular Hbond substituents is 1. The number of hydrogen-bond acceptors (Lipinski definition) is 8. The highest BCUT2D eigenvalue weighted by molar-refractivity contribution is 9.09. The average Bonchev–Trinajstić information content (AvgIpc) is 3.35. The molecule has 250 valence electrons. The van der Waals surface area contributed by atoms with Crippen LogP contribution < -0.4 is 9.75 Å². The number of nitrogens with zero attached hydrogens (tertiary/aromatic N) is 4. The van der Waals surface area contributed by atoms with E-state index in [1.165, 1.54) is 19.2 Å². The summed E-state index contributed by atoms with van der Waals surface area (Å²) in [5, 5.41) is 12.7. The summed E-state index contributed by atoms with van der Waals surface area (Å²) < 4.78 is 46.1. The van der Waals surface area contributed by atoms with Gasteiger partial charge in [-0.25, -0.2) is 4.98 Å². The molecule has 1 saturated carbocycles. The molecule has 1 N–H and O–H groups in total. The van der Waals surface area contributed by atoms with E-state index < -0.39 is 74.7 Å². The molecule has 6 atom stereocenters. The number of phenols is 1. The minimum absolute atomic E-state index is 0.0237. The zero-order chi connectivity index (χ0) is 34.4. The first-order valence-corrected chi connectivity index (χ1v) is 16.6. The fourth-order valence-electron chi connectivity index (χ4n) is 7.33. The Labute approximate surface area is 289 Å². The third kappa shape index (κ3) is 4.68. The third-order valence-corrected chi connectivity index (χ3v) is 11.6. The molecular formula is C30H25BrCl3F3N4O6. The summed E-state index contributed by atoms with van der Waals surface area (Å²) in [5.74, 6) is -8.28. The number of anilines is 1. The maximum absolute atomic E-state index is 14.2. The quantitative estimate of drug-likeness (QED) is 0.174. The van der Waals surface area contributed by atoms with Crippen LogP contribution in [0.25, 0.3) is 0 Å². The number of likely N-dealkylation sites (tertiary alicyclic amines) is 1. The van der Waals surface area contributed by atoms with E-state index in [0.717, 1.165) is 16.0 Å². The number of imide groups is 2. The molecule has 4 aliphatic rings. The van der Waals surface area contributed by atoms with Crippen LogP contribution in [-0.2, 0) is 25.4 Å². The van der Waals surface area contributed by atoms with Crippen molar-refractivity contribution in [2.45, 2.75) is 41.6 Å². The van der Waals surface area contributed by atoms with Gasteiger partial charge >= 0.3 is 6.18 Å². The van der Waals surface area contributed by atoms with Gasteiger partial charge in [0.1, 0.15) is 5.69 Å². The van der Waals surface area contributed by atoms with Crippen LogP contribution in [-0.4, -0.2) is 72.5 Å². The zero-order valence-corrected chi connectivity index (χ0v) is 28.4. The standard InChI is InChI=1S/C30H25BrCl3F3N4O6/c1-3-47-18-6-4-5-15(22(18)42)21-13-7-8-14-20(16(13)11-28(33)26(45)40(12-31)27(46)29(21,28)34)25(44)41(24(14)43)39(2)23-17(32)9-10-19(38-23)30(35,36)37/h4-7,9-10,14,16,20-21,42H,3,8,11-12H2,1-2H3. The molecule has 0 spiro atoms. The van der Waals surface area contributed by atoms with E-state index in [9.17, 15) is 37.5 Å². The Bertz CT molecular complexity index is 1760. The van der Waals surface area contributed by atoms with Gasteiger partial charge in [0.05, 0.1) is 28.9 Å². The van der Waals surface area contributed by atoms with E-state index in [1.54, 1.807) is 19.1 Å². The number of ether oxygens (including phenoxy) is 1. The molecular weight excluding hydrogens is 756 g/mol. The second-order valence-electron chi connectivity index (χ2n) is 11.6. The normalized spacial score (nSPS) is 30.3. The van der Waals surface area contributed by atoms with Crippen LogP contribution >= 0.6 is 50.7 Å². The van der Waals surface area contributed by atoms with Crippen molar-refractivity contribution in [1.29, 1.82) is 0 Å². The highest BCUT2D eigenvalue weighted by Crippen LogP contribution is 2.66. The molecule has 2 aliphatic heterocycles. The molecule has 0 radical (unpaired) electrons. The number of benzene rings is 1. The van der Waals surface area contributed by atoms with E-state index in [1.807, 2.05) is 0 Å². The van der Waals surface area contributed by atoms with E-state index in [-0.39, 0.29) is 47.0 Å². The van der Waals surface area contributed by atoms with Gasteiger partial charge in [-0.05, 0) is 43.9 Å². The van der Waals surface area contributed by atoms with Crippen molar-refractivity contribution in [3.8, 4) is 11.5 Å². The first-order chi connectivity index (χ1) is 22.0. The van der Waals surface area contributed by atoms with Crippen molar-refractivity contribution in [3.63, 3.8) is 0 Å². The second kappa shape index (κ2) is 11.5. The van der Waals surface area contributed by atoms with Crippen LogP contribution in [0.15, 0.2) is 42.0 Å². The summed E-state index contributed by atoms with van der Waals surface area (Å²) in [6.45, 7) is 1.90. The van der Waals surface area contributed by atoms with Gasteiger partial charge in [0, 0.05) is 18.5 Å². The number of amides is 4. The fraction of sp³-hybridized carbons (Fsp3) is 0.433. The molecule has 4 amide bonds. The Morgan fingerprint density at radius 2 is 1.81 bits per heavy atom. The number of rotatable bonds is 6. The predicted octanol–water partition coefficient (Wildman–Crippen LogP) is 5.62. The lowest BCUT2D eigenvalue weighted by molar-refractivity contribution is -0.142. The van der Waals surface area contributed by atoms with Gasteiger partial charge in [-0.15, -0.1) is 23.2 Å². The Morgan fingerprint density at radius 1 is 1.11 bits per heavy atom. The number of halogens is 7. The summed E-state index contributed by atoms with van der Waals surface area (Å²) in [4.78, 5) is 56.0. The van der Waals surface area contributed by atoms with Crippen molar-refractivity contribution < 1.29 is 42.2 Å². The van der Waals surface area contributed by atoms with Crippen molar-refractivity contribution in [3.05, 3.63) is 58.3 Å². The number of hydrazine groups is 1. The number of carbonyl (C=O) groups is 4. The van der Waals surface area contributed by atoms with Crippen molar-refractivity contribution >= 4 is 80.2 Å². The van der Waals surface area contributed by atoms with Gasteiger partial charge in [0.25, 0.3) is 23.6 Å². The number of aromatic nitrogens is 1. The molecule has 6 rings (SSSR count). The lowest BCUT2D eigenvalue weighted by Gasteiger charge is -2.50. The highest BCUT2D eigenvalue weighted by atomic mass is 79.9. The van der Waals surface area contributed by atoms with Gasteiger partial charge in [0.2, 0.25) is 0 Å². The molecule has 47 heavy (non-hydrogen) atoms. The maximum Gasteiger partial charge on any atom is 0.433 e. The number of fused-ring (bicyclic) bond motifs is 4. The summed E-state index contributed by atoms with van der Waals surface area (Å²) in [7, 11) is 1.19. The van der Waals surface area contributed by atoms with Gasteiger partial charge in [-0.1, -0.05) is 51.3 Å². The molecule has 2 aromatic rings. The summed E-state index contributed by atoms with van der Waals surface area (Å²) >= 11 is 23.7. The Kier molecular flexibility index (Phi) is 8.29. The van der Waals surface area contributed by atoms with E-state index in [0.29, 0.717) is 16.6 Å². The molecule has 2 aliphatic carbocycles. The van der Waals surface area contributed by atoms with Gasteiger partial charge in [-0.3, -0.25) is 29.1 Å². The number of pyridine rings is 1. The zero-order valence-electron chi connectivity index (χ0n) is 24.5. The predicted molar refractivity (Wildman–Crippen MR) is 167 cm³/mol. The number of aromatic hydroxyl groups is 1. The Balaban J connectivity index is 1.48. The maximum atomic E-state index is 14.2. The molecule has 0 bridgehead atoms. The smallest absolute Gasteiger partial charge is 0.433 e. The minimum Gasteiger partial charge on any atom is -0.504 e. The van der Waals surface area contributed by atoms with Crippen LogP contribution in [0, 0.1) is 17.8 Å². The number of carbonyl (C=O) groups excluding carboxylic acids is 4. The Morgan fingerprint density at radius 3 is 2.45 bits per heavy atom. The van der Waals surface area contributed by atoms with Crippen molar-refractivity contribution in [2.24, 2.45) is 17.8 Å². The molecule has 2 saturated heterocycles. The number of alkyl halides is 6. The van der Waals surface area contributed by atoms with Crippen LogP contribution in [0.5, 0.6) is 11.5 Å². The van der Waals surface area contributed by atoms with Crippen LogP contribution in [0.4, 0.5) is 19.0 Å². The lowest BCUT2D eigenvalue weighted by Crippen LogP contribution is -2.60. The topological polar surface area (TPSA) is 120 Å². The van der Waals surface area contributed by atoms with E-state index >= 15 is 0 Å². The third-order valence-electron chi connectivity index (χ3n) is 9.36. The Hall–Kier alpha value is -3.07. The minimum atomic E-state index is -4.83. The second-order valence-corrected chi connectivity index (χ2v) is 13.8. The van der Waals surface area contributed by atoms with E-state index in [4.69, 9.17) is 39.5 Å². The number of allylic oxidation sites excluding steroid dienone is 2. The summed E-state index contributed by atoms with van der Waals surface area (Å²) in [6.07, 6.45) is -3.53. The van der Waals surface area contributed by atoms with Crippen LogP contribution in [0.3, 0.4) is 0 Å². The first kappa shape index (κ1) is 33.8. The van der Waals surface area contributed by atoms with Crippen molar-refractivity contribution in [1.82, 2.24) is 14.9 Å². The molecule has 10 nitrogen and oxygen atoms in total. The highest BCUT2D eigenvalue weighted by Gasteiger charge is 2.76.